The van der Waals surface area contributed by atoms with E-state index in [4.69, 9.17) is 9.84 Å². The number of aliphatic hydroxyl groups is 1. The topological polar surface area (TPSA) is 89.9 Å². The van der Waals surface area contributed by atoms with Crippen molar-refractivity contribution < 1.29 is 23.4 Å². The largest absolute Gasteiger partial charge is 0.755 e. The number of allylic oxidation sites excluding steroid dienone is 2. The molecule has 0 saturated heterocycles. The van der Waals surface area contributed by atoms with Gasteiger partial charge in [0.25, 0.3) is 0 Å². The monoisotopic (exact) mass is 358 g/mol. The van der Waals surface area contributed by atoms with Gasteiger partial charge in [0.15, 0.2) is 5.09 Å². The molecule has 1 aromatic carbocycles. The van der Waals surface area contributed by atoms with Crippen LogP contribution in [0.5, 0.6) is 0 Å². The maximum absolute atomic E-state index is 12.1. The molecule has 9 heteroatoms. The van der Waals surface area contributed by atoms with Crippen LogP contribution < -0.4 is 4.31 Å². The first-order chi connectivity index (χ1) is 10.5. The summed E-state index contributed by atoms with van der Waals surface area (Å²) in [5, 5.41) is 9.21. The van der Waals surface area contributed by atoms with Gasteiger partial charge >= 0.3 is 6.09 Å². The summed E-state index contributed by atoms with van der Waals surface area (Å²) in [5.74, 6) is 0. The number of rotatable bonds is 4. The number of carbonyl (C=O) groups is 1. The first kappa shape index (κ1) is 17.1. The van der Waals surface area contributed by atoms with Crippen molar-refractivity contribution >= 4 is 44.6 Å². The Kier molecular flexibility index (Phi) is 6.09. The standard InChI is InChI=1S/C13H13NO5S3/c1-9-2-4-10(5-3-9)14(22(17)18)13(16)19-12-7-6-11(8-15)20-21-12/h2-7,15H,8H2,1H3,(H,17,18)/p-1. The molecule has 0 aromatic heterocycles. The zero-order valence-electron chi connectivity index (χ0n) is 11.4. The quantitative estimate of drug-likeness (QED) is 0.654. The number of benzene rings is 1. The van der Waals surface area contributed by atoms with Crippen molar-refractivity contribution in [1.29, 1.82) is 0 Å². The smallest absolute Gasteiger partial charge is 0.431 e. The third-order valence-electron chi connectivity index (χ3n) is 2.56. The first-order valence-electron chi connectivity index (χ1n) is 6.05. The van der Waals surface area contributed by atoms with Crippen LogP contribution >= 0.6 is 21.6 Å². The lowest BCUT2D eigenvalue weighted by Crippen LogP contribution is -2.32. The van der Waals surface area contributed by atoms with Gasteiger partial charge in [0.2, 0.25) is 0 Å². The number of amides is 1. The third kappa shape index (κ3) is 4.37. The van der Waals surface area contributed by atoms with Crippen LogP contribution in [-0.4, -0.2) is 26.6 Å². The molecule has 1 aliphatic heterocycles. The summed E-state index contributed by atoms with van der Waals surface area (Å²) < 4.78 is 28.2. The highest BCUT2D eigenvalue weighted by Crippen LogP contribution is 2.40. The molecule has 1 atom stereocenters. The van der Waals surface area contributed by atoms with Crippen LogP contribution in [0.4, 0.5) is 10.5 Å². The molecule has 1 unspecified atom stereocenters. The fraction of sp³-hybridized carbons (Fsp3) is 0.154. The molecular formula is C13H12NO5S3-. The number of aryl methyl sites for hydroxylation is 1. The highest BCUT2D eigenvalue weighted by molar-refractivity contribution is 8.79. The van der Waals surface area contributed by atoms with E-state index >= 15 is 0 Å². The van der Waals surface area contributed by atoms with Crippen LogP contribution in [0, 0.1) is 6.92 Å². The Balaban J connectivity index is 2.14. The summed E-state index contributed by atoms with van der Waals surface area (Å²) in [4.78, 5) is 12.8. The van der Waals surface area contributed by atoms with Gasteiger partial charge in [-0.2, -0.15) is 0 Å². The lowest BCUT2D eigenvalue weighted by atomic mass is 10.2. The average Bonchev–Trinajstić information content (AvgIpc) is 2.50. The van der Waals surface area contributed by atoms with Crippen LogP contribution in [0.2, 0.25) is 0 Å². The number of ether oxygens (including phenoxy) is 1. The fourth-order valence-electron chi connectivity index (χ4n) is 1.50. The summed E-state index contributed by atoms with van der Waals surface area (Å²) in [5.41, 5.74) is 1.14. The summed E-state index contributed by atoms with van der Waals surface area (Å²) in [6.45, 7) is 1.75. The number of carbonyl (C=O) groups excluding carboxylic acids is 1. The molecule has 1 aromatic rings. The van der Waals surface area contributed by atoms with Crippen LogP contribution in [0.25, 0.3) is 0 Å². The normalized spacial score (nSPS) is 15.6. The zero-order valence-corrected chi connectivity index (χ0v) is 13.9. The molecule has 1 aliphatic rings. The predicted molar refractivity (Wildman–Crippen MR) is 87.5 cm³/mol. The number of hydrogen-bond donors (Lipinski definition) is 1. The molecule has 2 rings (SSSR count). The number of anilines is 1. The second kappa shape index (κ2) is 7.84. The molecule has 0 aliphatic carbocycles. The van der Waals surface area contributed by atoms with Gasteiger partial charge in [-0.15, -0.1) is 0 Å². The predicted octanol–water partition coefficient (Wildman–Crippen LogP) is 2.84. The van der Waals surface area contributed by atoms with Gasteiger partial charge < -0.3 is 14.4 Å². The molecule has 0 fully saturated rings. The minimum atomic E-state index is -2.79. The van der Waals surface area contributed by atoms with E-state index in [-0.39, 0.29) is 17.4 Å². The second-order valence-corrected chi connectivity index (χ2v) is 7.22. The maximum Gasteiger partial charge on any atom is 0.431 e. The summed E-state index contributed by atoms with van der Waals surface area (Å²) >= 11 is -2.79. The molecule has 6 nitrogen and oxygen atoms in total. The summed E-state index contributed by atoms with van der Waals surface area (Å²) in [6.07, 6.45) is 2.09. The Bertz CT molecular complexity index is 642. The third-order valence-corrected chi connectivity index (χ3v) is 5.55. The van der Waals surface area contributed by atoms with Gasteiger partial charge in [-0.25, -0.2) is 9.10 Å². The number of aliphatic hydroxyl groups excluding tert-OH is 1. The average molecular weight is 358 g/mol. The molecule has 0 radical (unpaired) electrons. The molecule has 0 bridgehead atoms. The van der Waals surface area contributed by atoms with Gasteiger partial charge in [0, 0.05) is 4.91 Å². The Hall–Kier alpha value is -1.26. The highest BCUT2D eigenvalue weighted by atomic mass is 33.1. The molecule has 0 saturated carbocycles. The summed E-state index contributed by atoms with van der Waals surface area (Å²) in [6, 6.07) is 6.44. The number of nitrogens with zero attached hydrogens (tertiary/aromatic N) is 1. The molecule has 1 heterocycles. The van der Waals surface area contributed by atoms with Gasteiger partial charge in [0.1, 0.15) is 0 Å². The zero-order chi connectivity index (χ0) is 16.1. The Morgan fingerprint density at radius 2 is 2.00 bits per heavy atom. The fourth-order valence-corrected chi connectivity index (χ4v) is 3.71. The minimum Gasteiger partial charge on any atom is -0.755 e. The highest BCUT2D eigenvalue weighted by Gasteiger charge is 2.21. The van der Waals surface area contributed by atoms with Crippen molar-refractivity contribution in [3.8, 4) is 0 Å². The first-order valence-corrected chi connectivity index (χ1v) is 9.23. The Labute approximate surface area is 138 Å². The molecule has 118 valence electrons. The minimum absolute atomic E-state index is 0.102. The van der Waals surface area contributed by atoms with Gasteiger partial charge in [-0.3, -0.25) is 4.21 Å². The van der Waals surface area contributed by atoms with E-state index in [9.17, 15) is 13.6 Å². The van der Waals surface area contributed by atoms with E-state index < -0.39 is 17.4 Å². The maximum atomic E-state index is 12.1. The van der Waals surface area contributed by atoms with Crippen LogP contribution in [0.3, 0.4) is 0 Å². The van der Waals surface area contributed by atoms with Crippen LogP contribution in [0.1, 0.15) is 5.56 Å². The van der Waals surface area contributed by atoms with E-state index in [2.05, 4.69) is 0 Å². The molecule has 0 spiro atoms. The van der Waals surface area contributed by atoms with Gasteiger partial charge in [0.05, 0.1) is 23.6 Å². The van der Waals surface area contributed by atoms with Crippen molar-refractivity contribution in [3.05, 3.63) is 52.0 Å². The Morgan fingerprint density at radius 1 is 1.32 bits per heavy atom. The molecular weight excluding hydrogens is 346 g/mol. The summed E-state index contributed by atoms with van der Waals surface area (Å²) in [7, 11) is 2.37. The van der Waals surface area contributed by atoms with Crippen molar-refractivity contribution in [1.82, 2.24) is 0 Å². The Morgan fingerprint density at radius 3 is 2.50 bits per heavy atom. The molecule has 22 heavy (non-hydrogen) atoms. The molecule has 1 N–H and O–H groups in total. The van der Waals surface area contributed by atoms with Crippen molar-refractivity contribution in [2.24, 2.45) is 0 Å². The molecule has 1 amide bonds. The van der Waals surface area contributed by atoms with Crippen molar-refractivity contribution in [3.63, 3.8) is 0 Å². The van der Waals surface area contributed by atoms with E-state index in [1.807, 2.05) is 6.92 Å². The van der Waals surface area contributed by atoms with Crippen LogP contribution in [0.15, 0.2) is 46.4 Å². The van der Waals surface area contributed by atoms with Crippen LogP contribution in [-0.2, 0) is 16.0 Å². The van der Waals surface area contributed by atoms with Crippen molar-refractivity contribution in [2.45, 2.75) is 6.92 Å². The van der Waals surface area contributed by atoms with Gasteiger partial charge in [-0.1, -0.05) is 28.5 Å². The lowest BCUT2D eigenvalue weighted by Gasteiger charge is -2.24. The van der Waals surface area contributed by atoms with E-state index in [1.54, 1.807) is 18.2 Å². The van der Waals surface area contributed by atoms with Gasteiger partial charge in [-0.05, 0) is 42.0 Å². The second-order valence-electron chi connectivity index (χ2n) is 4.16. The van der Waals surface area contributed by atoms with Crippen molar-refractivity contribution in [2.75, 3.05) is 10.9 Å². The number of hydrogen-bond acceptors (Lipinski definition) is 7. The van der Waals surface area contributed by atoms with E-state index in [1.165, 1.54) is 29.0 Å². The van der Waals surface area contributed by atoms with E-state index in [0.717, 1.165) is 16.4 Å². The lowest BCUT2D eigenvalue weighted by molar-refractivity contribution is 0.194. The SMILES string of the molecule is Cc1ccc(N(C(=O)OC2=CC=C(CO)SS2)S(=O)[O-])cc1. The van der Waals surface area contributed by atoms with E-state index in [0.29, 0.717) is 9.21 Å².